The summed E-state index contributed by atoms with van der Waals surface area (Å²) in [5.41, 5.74) is -0.0863. The molecule has 1 amide bonds. The molecule has 0 atom stereocenters. The maximum absolute atomic E-state index is 12.2. The second-order valence-corrected chi connectivity index (χ2v) is 5.50. The van der Waals surface area contributed by atoms with Gasteiger partial charge >= 0.3 is 11.6 Å². The molecular formula is C14H12BrNO5. The Morgan fingerprint density at radius 1 is 1.38 bits per heavy atom. The van der Waals surface area contributed by atoms with Crippen LogP contribution in [0.3, 0.4) is 0 Å². The average molecular weight is 354 g/mol. The van der Waals surface area contributed by atoms with E-state index >= 15 is 0 Å². The van der Waals surface area contributed by atoms with E-state index in [1.54, 1.807) is 25.1 Å². The maximum Gasteiger partial charge on any atom is 0.349 e. The van der Waals surface area contributed by atoms with E-state index in [9.17, 15) is 14.4 Å². The zero-order valence-electron chi connectivity index (χ0n) is 11.3. The minimum absolute atomic E-state index is 0.149. The van der Waals surface area contributed by atoms with Gasteiger partial charge in [-0.1, -0.05) is 15.9 Å². The van der Waals surface area contributed by atoms with Crippen LogP contribution in [-0.4, -0.2) is 35.5 Å². The van der Waals surface area contributed by atoms with E-state index in [1.165, 1.54) is 7.05 Å². The van der Waals surface area contributed by atoms with Crippen molar-refractivity contribution < 1.29 is 19.1 Å². The average Bonchev–Trinajstić information content (AvgIpc) is 2.39. The second-order valence-electron chi connectivity index (χ2n) is 4.58. The monoisotopic (exact) mass is 353 g/mol. The number of hydrogen-bond donors (Lipinski definition) is 1. The first-order chi connectivity index (χ1) is 9.81. The molecule has 2 aromatic rings. The molecule has 0 radical (unpaired) electrons. The van der Waals surface area contributed by atoms with Crippen LogP contribution in [0.25, 0.3) is 11.0 Å². The van der Waals surface area contributed by atoms with E-state index in [4.69, 9.17) is 9.52 Å². The molecule has 0 spiro atoms. The molecule has 21 heavy (non-hydrogen) atoms. The highest BCUT2D eigenvalue weighted by atomic mass is 79.9. The van der Waals surface area contributed by atoms with Gasteiger partial charge in [0, 0.05) is 16.9 Å². The number of rotatable bonds is 3. The summed E-state index contributed by atoms with van der Waals surface area (Å²) in [5.74, 6) is -1.83. The van der Waals surface area contributed by atoms with Crippen LogP contribution < -0.4 is 5.63 Å². The van der Waals surface area contributed by atoms with Crippen molar-refractivity contribution in [2.75, 3.05) is 13.6 Å². The van der Waals surface area contributed by atoms with Gasteiger partial charge in [0.25, 0.3) is 5.91 Å². The van der Waals surface area contributed by atoms with Crippen molar-refractivity contribution in [2.45, 2.75) is 6.92 Å². The van der Waals surface area contributed by atoms with E-state index in [-0.39, 0.29) is 5.56 Å². The minimum atomic E-state index is -1.16. The number of benzene rings is 1. The van der Waals surface area contributed by atoms with Crippen molar-refractivity contribution in [3.8, 4) is 0 Å². The molecule has 0 saturated heterocycles. The number of carbonyl (C=O) groups excluding carboxylic acids is 1. The Balaban J connectivity index is 2.61. The van der Waals surface area contributed by atoms with Crippen molar-refractivity contribution in [2.24, 2.45) is 0 Å². The van der Waals surface area contributed by atoms with E-state index < -0.39 is 24.0 Å². The van der Waals surface area contributed by atoms with Gasteiger partial charge in [-0.25, -0.2) is 4.79 Å². The molecule has 7 heteroatoms. The molecule has 110 valence electrons. The summed E-state index contributed by atoms with van der Waals surface area (Å²) < 4.78 is 5.92. The fourth-order valence-corrected chi connectivity index (χ4v) is 2.40. The van der Waals surface area contributed by atoms with E-state index in [0.29, 0.717) is 16.5 Å². The normalized spacial score (nSPS) is 10.6. The molecule has 1 heterocycles. The molecular weight excluding hydrogens is 342 g/mol. The van der Waals surface area contributed by atoms with Gasteiger partial charge in [-0.2, -0.15) is 0 Å². The maximum atomic E-state index is 12.2. The number of halogens is 1. The standard InChI is InChI=1S/C14H12BrNO5/c1-7-9-5-8(15)3-4-10(9)21-14(20)12(7)13(19)16(2)6-11(17)18/h3-5H,6H2,1-2H3,(H,17,18). The SMILES string of the molecule is Cc1c(C(=O)N(C)CC(=O)O)c(=O)oc2ccc(Br)cc12. The first-order valence-corrected chi connectivity index (χ1v) is 6.80. The summed E-state index contributed by atoms with van der Waals surface area (Å²) >= 11 is 3.32. The van der Waals surface area contributed by atoms with Crippen molar-refractivity contribution in [3.63, 3.8) is 0 Å². The Labute approximate surface area is 128 Å². The lowest BCUT2D eigenvalue weighted by atomic mass is 10.1. The van der Waals surface area contributed by atoms with Crippen molar-refractivity contribution in [1.82, 2.24) is 4.90 Å². The smallest absolute Gasteiger partial charge is 0.349 e. The lowest BCUT2D eigenvalue weighted by Gasteiger charge is -2.15. The Morgan fingerprint density at radius 3 is 2.67 bits per heavy atom. The van der Waals surface area contributed by atoms with E-state index in [2.05, 4.69) is 15.9 Å². The molecule has 0 bridgehead atoms. The van der Waals surface area contributed by atoms with Gasteiger partial charge < -0.3 is 14.4 Å². The van der Waals surface area contributed by atoms with Gasteiger partial charge in [-0.3, -0.25) is 9.59 Å². The molecule has 0 aliphatic rings. The number of fused-ring (bicyclic) bond motifs is 1. The number of carbonyl (C=O) groups is 2. The van der Waals surface area contributed by atoms with Gasteiger partial charge in [0.2, 0.25) is 0 Å². The Bertz CT molecular complexity index is 796. The first-order valence-electron chi connectivity index (χ1n) is 6.01. The predicted octanol–water partition coefficient (Wildman–Crippen LogP) is 2.02. The fraction of sp³-hybridized carbons (Fsp3) is 0.214. The third-order valence-electron chi connectivity index (χ3n) is 3.06. The van der Waals surface area contributed by atoms with Crippen LogP contribution in [0.2, 0.25) is 0 Å². The van der Waals surface area contributed by atoms with Crippen LogP contribution in [-0.2, 0) is 4.79 Å². The number of aliphatic carboxylic acids is 1. The first kappa shape index (κ1) is 15.2. The van der Waals surface area contributed by atoms with Gasteiger partial charge in [-0.15, -0.1) is 0 Å². The molecule has 0 aliphatic heterocycles. The summed E-state index contributed by atoms with van der Waals surface area (Å²) in [7, 11) is 1.32. The number of nitrogens with zero attached hydrogens (tertiary/aromatic N) is 1. The third-order valence-corrected chi connectivity index (χ3v) is 3.55. The fourth-order valence-electron chi connectivity index (χ4n) is 2.04. The van der Waals surface area contributed by atoms with Crippen LogP contribution in [0.1, 0.15) is 15.9 Å². The zero-order chi connectivity index (χ0) is 15.7. The highest BCUT2D eigenvalue weighted by Gasteiger charge is 2.22. The van der Waals surface area contributed by atoms with Crippen LogP contribution in [0.15, 0.2) is 31.9 Å². The molecule has 0 fully saturated rings. The quantitative estimate of drug-likeness (QED) is 0.852. The van der Waals surface area contributed by atoms with Crippen LogP contribution in [0, 0.1) is 6.92 Å². The number of likely N-dealkylation sites (N-methyl/N-ethyl adjacent to an activating group) is 1. The van der Waals surface area contributed by atoms with Crippen molar-refractivity contribution in [3.05, 3.63) is 44.2 Å². The van der Waals surface area contributed by atoms with Crippen molar-refractivity contribution in [1.29, 1.82) is 0 Å². The lowest BCUT2D eigenvalue weighted by Crippen LogP contribution is -2.35. The summed E-state index contributed by atoms with van der Waals surface area (Å²) in [4.78, 5) is 35.9. The molecule has 1 aromatic carbocycles. The minimum Gasteiger partial charge on any atom is -0.480 e. The summed E-state index contributed by atoms with van der Waals surface area (Å²) in [5, 5.41) is 9.35. The molecule has 6 nitrogen and oxygen atoms in total. The predicted molar refractivity (Wildman–Crippen MR) is 79.5 cm³/mol. The van der Waals surface area contributed by atoms with E-state index in [1.807, 2.05) is 0 Å². The third kappa shape index (κ3) is 2.97. The number of hydrogen-bond acceptors (Lipinski definition) is 4. The summed E-state index contributed by atoms with van der Waals surface area (Å²) in [6.07, 6.45) is 0. The van der Waals surface area contributed by atoms with Crippen LogP contribution >= 0.6 is 15.9 Å². The van der Waals surface area contributed by atoms with Crippen LogP contribution in [0.5, 0.6) is 0 Å². The second kappa shape index (κ2) is 5.69. The number of aryl methyl sites for hydroxylation is 1. The van der Waals surface area contributed by atoms with Crippen molar-refractivity contribution >= 4 is 38.8 Å². The molecule has 0 aliphatic carbocycles. The van der Waals surface area contributed by atoms with Gasteiger partial charge in [0.05, 0.1) is 0 Å². The van der Waals surface area contributed by atoms with Gasteiger partial charge in [0.15, 0.2) is 0 Å². The highest BCUT2D eigenvalue weighted by molar-refractivity contribution is 9.10. The van der Waals surface area contributed by atoms with E-state index in [0.717, 1.165) is 9.37 Å². The topological polar surface area (TPSA) is 87.8 Å². The molecule has 0 unspecified atom stereocenters. The number of amides is 1. The zero-order valence-corrected chi connectivity index (χ0v) is 12.9. The van der Waals surface area contributed by atoms with Gasteiger partial charge in [0.1, 0.15) is 17.7 Å². The Morgan fingerprint density at radius 2 is 2.05 bits per heavy atom. The van der Waals surface area contributed by atoms with Gasteiger partial charge in [-0.05, 0) is 30.7 Å². The van der Waals surface area contributed by atoms with Crippen LogP contribution in [0.4, 0.5) is 0 Å². The number of carboxylic acid groups (broad SMARTS) is 1. The Hall–Kier alpha value is -2.15. The number of carboxylic acids is 1. The molecule has 1 aromatic heterocycles. The highest BCUT2D eigenvalue weighted by Crippen LogP contribution is 2.23. The Kier molecular flexibility index (Phi) is 4.13. The summed E-state index contributed by atoms with van der Waals surface area (Å²) in [6.45, 7) is 1.14. The summed E-state index contributed by atoms with van der Waals surface area (Å²) in [6, 6.07) is 5.09. The lowest BCUT2D eigenvalue weighted by molar-refractivity contribution is -0.137. The largest absolute Gasteiger partial charge is 0.480 e. The molecule has 0 saturated carbocycles. The molecule has 2 rings (SSSR count). The molecule has 1 N–H and O–H groups in total.